The summed E-state index contributed by atoms with van der Waals surface area (Å²) in [7, 11) is 1.36. The molecule has 3 aromatic carbocycles. The summed E-state index contributed by atoms with van der Waals surface area (Å²) in [4.78, 5) is 3.52. The Labute approximate surface area is 157 Å². The Morgan fingerprint density at radius 2 is 1.46 bits per heavy atom. The van der Waals surface area contributed by atoms with E-state index in [0.717, 1.165) is 16.4 Å². The van der Waals surface area contributed by atoms with Crippen molar-refractivity contribution in [3.05, 3.63) is 78.4 Å². The molecule has 1 unspecified atom stereocenters. The van der Waals surface area contributed by atoms with Gasteiger partial charge in [-0.2, -0.15) is 0 Å². The zero-order valence-electron chi connectivity index (χ0n) is 15.0. The molecule has 0 amide bonds. The molecule has 0 heterocycles. The van der Waals surface area contributed by atoms with Gasteiger partial charge < -0.3 is 14.6 Å². The summed E-state index contributed by atoms with van der Waals surface area (Å²) in [5.41, 5.74) is 1.23. The van der Waals surface area contributed by atoms with E-state index in [1.807, 2.05) is 30.3 Å². The summed E-state index contributed by atoms with van der Waals surface area (Å²) in [5.74, 6) is 1.65. The van der Waals surface area contributed by atoms with E-state index in [9.17, 15) is 0 Å². The van der Waals surface area contributed by atoms with Gasteiger partial charge in [-0.3, -0.25) is 0 Å². The predicted octanol–water partition coefficient (Wildman–Crippen LogP) is 4.47. The fourth-order valence-electron chi connectivity index (χ4n) is 2.67. The van der Waals surface area contributed by atoms with E-state index < -0.39 is 0 Å². The Morgan fingerprint density at radius 3 is 2.08 bits per heavy atom. The number of aryl methyl sites for hydroxylation is 1. The van der Waals surface area contributed by atoms with Crippen LogP contribution in [0.4, 0.5) is 0 Å². The average molecular weight is 367 g/mol. The van der Waals surface area contributed by atoms with Crippen molar-refractivity contribution in [2.24, 2.45) is 0 Å². The van der Waals surface area contributed by atoms with E-state index in [-0.39, 0.29) is 24.1 Å². The summed E-state index contributed by atoms with van der Waals surface area (Å²) < 4.78 is 11.1. The highest BCUT2D eigenvalue weighted by atomic mass is 32.2. The Hall–Kier alpha value is -2.43. The summed E-state index contributed by atoms with van der Waals surface area (Å²) >= 11 is 0. The maximum atomic E-state index is 9.14. The predicted molar refractivity (Wildman–Crippen MR) is 105 cm³/mol. The van der Waals surface area contributed by atoms with Crippen molar-refractivity contribution in [2.75, 3.05) is 20.3 Å². The molecular formula is C22H23O3S+. The van der Waals surface area contributed by atoms with Crippen LogP contribution in [0.3, 0.4) is 0 Å². The van der Waals surface area contributed by atoms with Gasteiger partial charge in [0.2, 0.25) is 4.90 Å². The number of para-hydroxylation sites is 1. The average Bonchev–Trinajstić information content (AvgIpc) is 2.69. The van der Waals surface area contributed by atoms with Crippen LogP contribution in [-0.4, -0.2) is 25.4 Å². The molecule has 134 valence electrons. The molecule has 4 heteroatoms. The first-order chi connectivity index (χ1) is 12.7. The number of rotatable bonds is 7. The van der Waals surface area contributed by atoms with Gasteiger partial charge in [-0.1, -0.05) is 29.8 Å². The van der Waals surface area contributed by atoms with E-state index in [1.165, 1.54) is 15.4 Å². The van der Waals surface area contributed by atoms with Gasteiger partial charge >= 0.3 is 0 Å². The van der Waals surface area contributed by atoms with Gasteiger partial charge in [-0.05, 0) is 55.5 Å². The van der Waals surface area contributed by atoms with Crippen LogP contribution in [-0.2, 0) is 10.9 Å². The molecular weight excluding hydrogens is 344 g/mol. The van der Waals surface area contributed by atoms with Crippen LogP contribution in [0.5, 0.6) is 11.5 Å². The third-order valence-corrected chi connectivity index (χ3v) is 6.23. The maximum absolute atomic E-state index is 9.14. The fraction of sp³-hybridized carbons (Fsp3) is 0.182. The van der Waals surface area contributed by atoms with Crippen LogP contribution in [0.25, 0.3) is 0 Å². The smallest absolute Gasteiger partial charge is 0.208 e. The molecule has 0 saturated heterocycles. The minimum atomic E-state index is -0.310. The molecule has 3 nitrogen and oxygen atoms in total. The lowest BCUT2D eigenvalue weighted by Gasteiger charge is -2.13. The molecule has 3 aromatic rings. The quantitative estimate of drug-likeness (QED) is 0.626. The summed E-state index contributed by atoms with van der Waals surface area (Å²) in [6, 6.07) is 24.8. The molecule has 1 N–H and O–H groups in total. The molecule has 0 radical (unpaired) electrons. The number of hydrogen-bond acceptors (Lipinski definition) is 3. The fourth-order valence-corrected chi connectivity index (χ4v) is 4.81. The molecule has 0 aliphatic heterocycles. The van der Waals surface area contributed by atoms with Crippen LogP contribution in [0.1, 0.15) is 5.56 Å². The number of aliphatic hydroxyl groups is 1. The van der Waals surface area contributed by atoms with Gasteiger partial charge in [0, 0.05) is 0 Å². The topological polar surface area (TPSA) is 38.7 Å². The number of methoxy groups -OCH3 is 1. The normalized spacial score (nSPS) is 11.8. The third-order valence-electron chi connectivity index (χ3n) is 3.97. The first kappa shape index (κ1) is 18.4. The number of aliphatic hydroxyl groups excluding tert-OH is 1. The molecule has 0 fully saturated rings. The minimum absolute atomic E-state index is 0.00478. The molecule has 1 atom stereocenters. The summed E-state index contributed by atoms with van der Waals surface area (Å²) in [6.45, 7) is 2.37. The van der Waals surface area contributed by atoms with Crippen molar-refractivity contribution in [1.82, 2.24) is 0 Å². The lowest BCUT2D eigenvalue weighted by molar-refractivity contribution is 0.198. The molecule has 0 aliphatic carbocycles. The lowest BCUT2D eigenvalue weighted by atomic mass is 10.2. The monoisotopic (exact) mass is 367 g/mol. The zero-order chi connectivity index (χ0) is 18.4. The number of ether oxygens (including phenoxy) is 2. The van der Waals surface area contributed by atoms with Gasteiger partial charge in [0.1, 0.15) is 23.3 Å². The number of benzene rings is 3. The highest BCUT2D eigenvalue weighted by Gasteiger charge is 2.32. The van der Waals surface area contributed by atoms with Crippen molar-refractivity contribution in [3.63, 3.8) is 0 Å². The van der Waals surface area contributed by atoms with E-state index in [4.69, 9.17) is 14.6 Å². The van der Waals surface area contributed by atoms with Gasteiger partial charge in [-0.25, -0.2) is 0 Å². The van der Waals surface area contributed by atoms with Gasteiger partial charge in [0.25, 0.3) is 0 Å². The second kappa shape index (κ2) is 8.79. The standard InChI is InChI=1S/C22H23O3S/c1-17-7-11-19(12-8-17)26(20-13-9-18(24-2)10-14-20)22-6-4-3-5-21(22)25-16-15-23/h3-14,23H,15-16H2,1-2H3/q+1. The largest absolute Gasteiger partial charge is 0.497 e. The molecule has 26 heavy (non-hydrogen) atoms. The SMILES string of the molecule is COc1ccc([S+](c2ccc(C)cc2)c2ccccc2OCCO)cc1. The Bertz CT molecular complexity index is 829. The van der Waals surface area contributed by atoms with Crippen LogP contribution < -0.4 is 9.47 Å². The van der Waals surface area contributed by atoms with E-state index in [2.05, 4.69) is 49.4 Å². The van der Waals surface area contributed by atoms with Crippen LogP contribution in [0.2, 0.25) is 0 Å². The van der Waals surface area contributed by atoms with Gasteiger partial charge in [-0.15, -0.1) is 0 Å². The summed E-state index contributed by atoms with van der Waals surface area (Å²) in [5, 5.41) is 9.14. The highest BCUT2D eigenvalue weighted by Crippen LogP contribution is 2.37. The number of hydrogen-bond donors (Lipinski definition) is 1. The van der Waals surface area contributed by atoms with E-state index in [0.29, 0.717) is 0 Å². The van der Waals surface area contributed by atoms with Crippen molar-refractivity contribution in [2.45, 2.75) is 21.6 Å². The molecule has 0 aliphatic rings. The first-order valence-corrected chi connectivity index (χ1v) is 9.73. The Morgan fingerprint density at radius 1 is 0.846 bits per heavy atom. The van der Waals surface area contributed by atoms with Crippen LogP contribution in [0, 0.1) is 6.92 Å². The molecule has 0 bridgehead atoms. The highest BCUT2D eigenvalue weighted by molar-refractivity contribution is 7.97. The van der Waals surface area contributed by atoms with Crippen molar-refractivity contribution in [3.8, 4) is 11.5 Å². The second-order valence-corrected chi connectivity index (χ2v) is 7.81. The summed E-state index contributed by atoms with van der Waals surface area (Å²) in [6.07, 6.45) is 0. The van der Waals surface area contributed by atoms with Crippen molar-refractivity contribution < 1.29 is 14.6 Å². The second-order valence-electron chi connectivity index (χ2n) is 5.81. The van der Waals surface area contributed by atoms with E-state index in [1.54, 1.807) is 7.11 Å². The maximum Gasteiger partial charge on any atom is 0.208 e. The Kier molecular flexibility index (Phi) is 6.21. The lowest BCUT2D eigenvalue weighted by Crippen LogP contribution is -2.09. The van der Waals surface area contributed by atoms with Crippen molar-refractivity contribution in [1.29, 1.82) is 0 Å². The van der Waals surface area contributed by atoms with Gasteiger partial charge in [0.15, 0.2) is 15.5 Å². The first-order valence-electron chi connectivity index (χ1n) is 8.50. The minimum Gasteiger partial charge on any atom is -0.497 e. The van der Waals surface area contributed by atoms with E-state index >= 15 is 0 Å². The van der Waals surface area contributed by atoms with Crippen LogP contribution in [0.15, 0.2) is 87.5 Å². The van der Waals surface area contributed by atoms with Gasteiger partial charge in [0.05, 0.1) is 13.7 Å². The van der Waals surface area contributed by atoms with Crippen molar-refractivity contribution >= 4 is 10.9 Å². The molecule has 0 saturated carbocycles. The molecule has 0 aromatic heterocycles. The molecule has 3 rings (SSSR count). The Balaban J connectivity index is 2.10. The third kappa shape index (κ3) is 4.21. The zero-order valence-corrected chi connectivity index (χ0v) is 15.8. The van der Waals surface area contributed by atoms with Crippen LogP contribution >= 0.6 is 0 Å². The molecule has 0 spiro atoms.